The van der Waals surface area contributed by atoms with Gasteiger partial charge in [0.1, 0.15) is 0 Å². The molecule has 0 spiro atoms. The Morgan fingerprint density at radius 1 is 1.29 bits per heavy atom. The minimum absolute atomic E-state index is 0.327. The highest BCUT2D eigenvalue weighted by molar-refractivity contribution is 5.89. The zero-order chi connectivity index (χ0) is 15.5. The van der Waals surface area contributed by atoms with Gasteiger partial charge in [0.15, 0.2) is 0 Å². The van der Waals surface area contributed by atoms with Gasteiger partial charge in [0.2, 0.25) is 0 Å². The first-order valence-electron chi connectivity index (χ1n) is 7.30. The van der Waals surface area contributed by atoms with Crippen LogP contribution in [0.3, 0.4) is 0 Å². The van der Waals surface area contributed by atoms with E-state index < -0.39 is 0 Å². The topological polar surface area (TPSA) is 26.3 Å². The predicted octanol–water partition coefficient (Wildman–Crippen LogP) is 5.30. The third-order valence-electron chi connectivity index (χ3n) is 3.14. The summed E-state index contributed by atoms with van der Waals surface area (Å²) in [6.45, 7) is 8.06. The summed E-state index contributed by atoms with van der Waals surface area (Å²) < 4.78 is 5.10. The molecule has 1 atom stereocenters. The monoisotopic (exact) mass is 284 g/mol. The molecule has 2 heteroatoms. The summed E-state index contributed by atoms with van der Waals surface area (Å²) >= 11 is 0. The molecular formula is C19H24O2. The standard InChI is InChI=1S/C19H24O2/c1-4-17(11-8-10-16(2)3)12-9-15-21-19(20)18-13-6-5-7-14-18/h4-7,9-10,13-15,17H,1,8,11-12H2,2-3H3/b15-9+. The predicted molar refractivity (Wildman–Crippen MR) is 88.0 cm³/mol. The summed E-state index contributed by atoms with van der Waals surface area (Å²) in [6.07, 6.45) is 10.5. The van der Waals surface area contributed by atoms with Crippen molar-refractivity contribution >= 4 is 5.97 Å². The molecule has 1 aromatic carbocycles. The van der Waals surface area contributed by atoms with Crippen molar-refractivity contribution in [2.75, 3.05) is 0 Å². The van der Waals surface area contributed by atoms with E-state index in [0.29, 0.717) is 11.5 Å². The smallest absolute Gasteiger partial charge is 0.342 e. The van der Waals surface area contributed by atoms with E-state index in [1.54, 1.807) is 12.1 Å². The Labute approximate surface area is 127 Å². The van der Waals surface area contributed by atoms with Crippen LogP contribution in [0.4, 0.5) is 0 Å². The molecule has 0 aliphatic rings. The molecule has 0 aromatic heterocycles. The number of rotatable bonds is 8. The van der Waals surface area contributed by atoms with Gasteiger partial charge >= 0.3 is 5.97 Å². The lowest BCUT2D eigenvalue weighted by atomic mass is 9.99. The maximum Gasteiger partial charge on any atom is 0.342 e. The molecule has 1 aromatic rings. The van der Waals surface area contributed by atoms with E-state index in [1.807, 2.05) is 30.4 Å². The first kappa shape index (κ1) is 17.0. The Morgan fingerprint density at radius 3 is 2.62 bits per heavy atom. The number of benzene rings is 1. The largest absolute Gasteiger partial charge is 0.431 e. The molecule has 0 heterocycles. The average molecular weight is 284 g/mol. The number of hydrogen-bond acceptors (Lipinski definition) is 2. The SMILES string of the molecule is C=CC(C/C=C/OC(=O)c1ccccc1)CCC=C(C)C. The van der Waals surface area contributed by atoms with Crippen LogP contribution < -0.4 is 0 Å². The highest BCUT2D eigenvalue weighted by atomic mass is 16.5. The molecule has 1 unspecified atom stereocenters. The van der Waals surface area contributed by atoms with Gasteiger partial charge in [-0.15, -0.1) is 6.58 Å². The second-order valence-corrected chi connectivity index (χ2v) is 5.23. The van der Waals surface area contributed by atoms with E-state index in [4.69, 9.17) is 4.74 Å². The van der Waals surface area contributed by atoms with Gasteiger partial charge in [0.25, 0.3) is 0 Å². The van der Waals surface area contributed by atoms with Crippen molar-refractivity contribution in [1.82, 2.24) is 0 Å². The van der Waals surface area contributed by atoms with Crippen LogP contribution in [0, 0.1) is 5.92 Å². The molecule has 21 heavy (non-hydrogen) atoms. The van der Waals surface area contributed by atoms with Gasteiger partial charge in [-0.25, -0.2) is 4.79 Å². The minimum atomic E-state index is -0.327. The van der Waals surface area contributed by atoms with Crippen LogP contribution in [-0.2, 0) is 4.74 Å². The molecule has 0 fully saturated rings. The van der Waals surface area contributed by atoms with Gasteiger partial charge in [0, 0.05) is 0 Å². The summed E-state index contributed by atoms with van der Waals surface area (Å²) in [4.78, 5) is 11.7. The van der Waals surface area contributed by atoms with Crippen molar-refractivity contribution in [3.63, 3.8) is 0 Å². The number of hydrogen-bond donors (Lipinski definition) is 0. The second-order valence-electron chi connectivity index (χ2n) is 5.23. The van der Waals surface area contributed by atoms with Crippen molar-refractivity contribution in [2.45, 2.75) is 33.1 Å². The second kappa shape index (κ2) is 9.76. The highest BCUT2D eigenvalue weighted by Crippen LogP contribution is 2.14. The fraction of sp³-hybridized carbons (Fsp3) is 0.316. The molecule has 2 nitrogen and oxygen atoms in total. The molecule has 0 bridgehead atoms. The first-order valence-corrected chi connectivity index (χ1v) is 7.30. The summed E-state index contributed by atoms with van der Waals surface area (Å²) in [5, 5.41) is 0. The number of esters is 1. The summed E-state index contributed by atoms with van der Waals surface area (Å²) in [6, 6.07) is 8.98. The molecule has 112 valence electrons. The molecule has 0 N–H and O–H groups in total. The number of ether oxygens (including phenoxy) is 1. The van der Waals surface area contributed by atoms with Crippen LogP contribution in [0.1, 0.15) is 43.5 Å². The Balaban J connectivity index is 2.34. The quantitative estimate of drug-likeness (QED) is 0.368. The average Bonchev–Trinajstić information content (AvgIpc) is 2.50. The van der Waals surface area contributed by atoms with Gasteiger partial charge in [-0.2, -0.15) is 0 Å². The number of carbonyl (C=O) groups excluding carboxylic acids is 1. The Kier molecular flexibility index (Phi) is 7.88. The Morgan fingerprint density at radius 2 is 2.00 bits per heavy atom. The maximum atomic E-state index is 11.7. The van der Waals surface area contributed by atoms with E-state index in [0.717, 1.165) is 19.3 Å². The van der Waals surface area contributed by atoms with E-state index in [1.165, 1.54) is 11.8 Å². The van der Waals surface area contributed by atoms with Crippen LogP contribution in [-0.4, -0.2) is 5.97 Å². The molecule has 0 saturated carbocycles. The summed E-state index contributed by atoms with van der Waals surface area (Å²) in [7, 11) is 0. The first-order chi connectivity index (χ1) is 10.1. The lowest BCUT2D eigenvalue weighted by Gasteiger charge is -2.07. The third kappa shape index (κ3) is 7.31. The van der Waals surface area contributed by atoms with Crippen LogP contribution in [0.15, 0.2) is 67.0 Å². The Bertz CT molecular complexity index is 494. The molecule has 0 aliphatic carbocycles. The lowest BCUT2D eigenvalue weighted by molar-refractivity contribution is 0.0662. The normalized spacial score (nSPS) is 11.9. The van der Waals surface area contributed by atoms with E-state index >= 15 is 0 Å². The number of carbonyl (C=O) groups is 1. The van der Waals surface area contributed by atoms with Crippen molar-refractivity contribution in [2.24, 2.45) is 5.92 Å². The van der Waals surface area contributed by atoms with E-state index in [9.17, 15) is 4.79 Å². The van der Waals surface area contributed by atoms with Crippen molar-refractivity contribution in [1.29, 1.82) is 0 Å². The van der Waals surface area contributed by atoms with Crippen molar-refractivity contribution < 1.29 is 9.53 Å². The fourth-order valence-electron chi connectivity index (χ4n) is 1.90. The summed E-state index contributed by atoms with van der Waals surface area (Å²) in [5.41, 5.74) is 1.90. The van der Waals surface area contributed by atoms with Gasteiger partial charge in [-0.1, -0.05) is 35.9 Å². The molecule has 1 rings (SSSR count). The van der Waals surface area contributed by atoms with Crippen LogP contribution in [0.5, 0.6) is 0 Å². The zero-order valence-corrected chi connectivity index (χ0v) is 12.9. The minimum Gasteiger partial charge on any atom is -0.431 e. The van der Waals surface area contributed by atoms with Crippen molar-refractivity contribution in [3.8, 4) is 0 Å². The maximum absolute atomic E-state index is 11.7. The molecule has 0 aliphatic heterocycles. The van der Waals surface area contributed by atoms with Crippen LogP contribution in [0.2, 0.25) is 0 Å². The molecule has 0 radical (unpaired) electrons. The fourth-order valence-corrected chi connectivity index (χ4v) is 1.90. The van der Waals surface area contributed by atoms with Gasteiger partial charge in [-0.05, 0) is 57.2 Å². The molecule has 0 amide bonds. The third-order valence-corrected chi connectivity index (χ3v) is 3.14. The van der Waals surface area contributed by atoms with E-state index in [-0.39, 0.29) is 5.97 Å². The lowest BCUT2D eigenvalue weighted by Crippen LogP contribution is -2.00. The van der Waals surface area contributed by atoms with E-state index in [2.05, 4.69) is 26.5 Å². The van der Waals surface area contributed by atoms with Gasteiger partial charge in [0.05, 0.1) is 11.8 Å². The zero-order valence-electron chi connectivity index (χ0n) is 12.9. The van der Waals surface area contributed by atoms with Crippen LogP contribution in [0.25, 0.3) is 0 Å². The Hall–Kier alpha value is -2.09. The summed E-state index contributed by atoms with van der Waals surface area (Å²) in [5.74, 6) is 0.0822. The molecule has 0 saturated heterocycles. The van der Waals surface area contributed by atoms with Gasteiger partial charge < -0.3 is 4.74 Å². The van der Waals surface area contributed by atoms with Crippen molar-refractivity contribution in [3.05, 3.63) is 72.5 Å². The highest BCUT2D eigenvalue weighted by Gasteiger charge is 2.04. The number of allylic oxidation sites excluding steroid dienone is 4. The van der Waals surface area contributed by atoms with Crippen LogP contribution >= 0.6 is 0 Å². The molecular weight excluding hydrogens is 260 g/mol. The van der Waals surface area contributed by atoms with Gasteiger partial charge in [-0.3, -0.25) is 0 Å².